The van der Waals surface area contributed by atoms with Gasteiger partial charge in [-0.2, -0.15) is 39.5 Å². The van der Waals surface area contributed by atoms with Crippen molar-refractivity contribution >= 4 is 40.2 Å². The summed E-state index contributed by atoms with van der Waals surface area (Å²) in [6, 6.07) is -2.26. The zero-order valence-corrected chi connectivity index (χ0v) is 25.0. The third-order valence-electron chi connectivity index (χ3n) is 5.13. The van der Waals surface area contributed by atoms with Crippen LogP contribution >= 0.6 is 0 Å². The van der Waals surface area contributed by atoms with Crippen molar-refractivity contribution in [2.24, 2.45) is 0 Å². The summed E-state index contributed by atoms with van der Waals surface area (Å²) in [5.41, 5.74) is -0.0303. The number of ether oxygens (including phenoxy) is 1. The summed E-state index contributed by atoms with van der Waals surface area (Å²) in [5, 5.41) is 0. The van der Waals surface area contributed by atoms with Crippen LogP contribution in [-0.4, -0.2) is 65.0 Å². The van der Waals surface area contributed by atoms with Crippen molar-refractivity contribution < 1.29 is 65.5 Å². The first-order chi connectivity index (χ1) is 16.3. The topological polar surface area (TPSA) is 63.2 Å². The molecule has 19 heteroatoms. The maximum Gasteiger partial charge on any atom is 0.389 e. The summed E-state index contributed by atoms with van der Waals surface area (Å²) in [6.45, 7) is 9.57. The van der Waals surface area contributed by atoms with E-state index in [1.165, 1.54) is 26.6 Å². The third-order valence-corrected chi connectivity index (χ3v) is 23.1. The van der Waals surface area contributed by atoms with Crippen molar-refractivity contribution in [2.45, 2.75) is 89.0 Å². The lowest BCUT2D eigenvalue weighted by atomic mass is 10.4. The van der Waals surface area contributed by atoms with Gasteiger partial charge in [-0.1, -0.05) is 6.58 Å². The molecule has 0 saturated carbocycles. The molecule has 1 saturated heterocycles. The van der Waals surface area contributed by atoms with Crippen LogP contribution in [0.1, 0.15) is 26.2 Å². The van der Waals surface area contributed by atoms with Gasteiger partial charge in [0.2, 0.25) is 0 Å². The molecule has 1 aliphatic heterocycles. The second-order valence-electron chi connectivity index (χ2n) is 9.65. The van der Waals surface area contributed by atoms with Crippen LogP contribution in [0.5, 0.6) is 0 Å². The molecular weight excluding hydrogens is 596 g/mol. The molecule has 0 aromatic heterocycles. The average molecular weight is 627 g/mol. The first-order valence-electron chi connectivity index (χ1n) is 11.1. The van der Waals surface area contributed by atoms with Gasteiger partial charge in [-0.3, -0.25) is 0 Å². The van der Waals surface area contributed by atoms with E-state index in [0.717, 1.165) is 6.55 Å². The van der Waals surface area contributed by atoms with E-state index in [4.69, 9.17) is 21.2 Å². The Labute approximate surface area is 213 Å². The first-order valence-corrected chi connectivity index (χ1v) is 21.2. The van der Waals surface area contributed by atoms with Crippen LogP contribution in [0, 0.1) is 0 Å². The first kappa shape index (κ1) is 34.3. The van der Waals surface area contributed by atoms with E-state index in [1.807, 2.05) is 0 Å². The lowest BCUT2D eigenvalue weighted by Gasteiger charge is -2.50. The molecule has 0 aromatic carbocycles. The van der Waals surface area contributed by atoms with Gasteiger partial charge in [0, 0.05) is 24.8 Å². The molecule has 6 nitrogen and oxygen atoms in total. The molecular formula is C18H31F9O6Si4. The lowest BCUT2D eigenvalue weighted by Crippen LogP contribution is -2.69. The standard InChI is InChI=1S/C18H31F9O6Si4/c1-14(2)15(28)29-13-37(6)32-35(4,11-8-17(22,23)24)30-34(3,10-7-16(19,20)21)31-36(5,33-37)12-9-18(25,26)27/h1,7-13H2,2-6H3. The number of hydrogen-bond acceptors (Lipinski definition) is 6. The highest BCUT2D eigenvalue weighted by atomic mass is 28.5. The lowest BCUT2D eigenvalue weighted by molar-refractivity contribution is -0.137. The summed E-state index contributed by atoms with van der Waals surface area (Å²) in [4.78, 5) is 12.0. The average Bonchev–Trinajstić information content (AvgIpc) is 2.65. The Kier molecular flexibility index (Phi) is 10.9. The Morgan fingerprint density at radius 2 is 0.919 bits per heavy atom. The molecule has 1 aliphatic rings. The minimum atomic E-state index is -4.68. The molecule has 0 bridgehead atoms. The van der Waals surface area contributed by atoms with Gasteiger partial charge >= 0.3 is 58.7 Å². The quantitative estimate of drug-likeness (QED) is 0.121. The molecule has 37 heavy (non-hydrogen) atoms. The molecule has 0 N–H and O–H groups in total. The van der Waals surface area contributed by atoms with Crippen molar-refractivity contribution in [3.8, 4) is 0 Å². The number of esters is 1. The highest BCUT2D eigenvalue weighted by molar-refractivity contribution is 6.93. The number of hydrogen-bond donors (Lipinski definition) is 0. The van der Waals surface area contributed by atoms with Gasteiger partial charge < -0.3 is 21.2 Å². The molecule has 1 heterocycles. The van der Waals surface area contributed by atoms with Gasteiger partial charge in [0.05, 0.1) is 0 Å². The number of alkyl halides is 9. The minimum absolute atomic E-state index is 0.0303. The van der Waals surface area contributed by atoms with Gasteiger partial charge in [-0.05, 0) is 51.2 Å². The third kappa shape index (κ3) is 13.3. The van der Waals surface area contributed by atoms with E-state index in [9.17, 15) is 44.3 Å². The Balaban J connectivity index is 3.50. The predicted octanol–water partition coefficient (Wildman–Crippen LogP) is 6.87. The zero-order valence-electron chi connectivity index (χ0n) is 21.0. The second-order valence-corrected chi connectivity index (χ2v) is 23.8. The van der Waals surface area contributed by atoms with Crippen LogP contribution in [0.15, 0.2) is 12.2 Å². The monoisotopic (exact) mass is 626 g/mol. The summed E-state index contributed by atoms with van der Waals surface area (Å²) in [7, 11) is -16.1. The largest absolute Gasteiger partial charge is 0.460 e. The van der Waals surface area contributed by atoms with Crippen LogP contribution in [0.4, 0.5) is 39.5 Å². The van der Waals surface area contributed by atoms with E-state index >= 15 is 0 Å². The van der Waals surface area contributed by atoms with E-state index in [2.05, 4.69) is 6.58 Å². The number of rotatable bonds is 9. The fraction of sp³-hybridized carbons (Fsp3) is 0.833. The smallest absolute Gasteiger partial charge is 0.389 e. The Morgan fingerprint density at radius 3 is 1.16 bits per heavy atom. The SMILES string of the molecule is C=C(C)C(=O)OC[Si]1(C)O[Si](C)(CCC(F)(F)F)O[Si](C)(CCC(F)(F)F)O[Si](C)(CCC(F)(F)F)O1. The fourth-order valence-corrected chi connectivity index (χ4v) is 26.0. The van der Waals surface area contributed by atoms with Crippen LogP contribution in [0.25, 0.3) is 0 Å². The fourth-order valence-electron chi connectivity index (χ4n) is 3.70. The molecule has 0 aliphatic carbocycles. The number of carbonyl (C=O) groups is 1. The normalized spacial score (nSPS) is 31.9. The van der Waals surface area contributed by atoms with E-state index in [0.29, 0.717) is 0 Å². The molecule has 2 atom stereocenters. The summed E-state index contributed by atoms with van der Waals surface area (Å²) >= 11 is 0. The Hall–Kier alpha value is -0.712. The molecule has 0 spiro atoms. The van der Waals surface area contributed by atoms with Crippen molar-refractivity contribution in [3.63, 3.8) is 0 Å². The zero-order chi connectivity index (χ0) is 29.1. The second kappa shape index (κ2) is 11.8. The summed E-state index contributed by atoms with van der Waals surface area (Å²) in [6.07, 6.45) is -18.8. The van der Waals surface area contributed by atoms with E-state index < -0.39 is 102 Å². The van der Waals surface area contributed by atoms with Crippen molar-refractivity contribution in [3.05, 3.63) is 12.2 Å². The van der Waals surface area contributed by atoms with Gasteiger partial charge in [0.1, 0.15) is 6.23 Å². The van der Waals surface area contributed by atoms with Crippen LogP contribution < -0.4 is 0 Å². The molecule has 0 radical (unpaired) electrons. The van der Waals surface area contributed by atoms with E-state index in [1.54, 1.807) is 0 Å². The maximum absolute atomic E-state index is 13.1. The molecule has 1 rings (SSSR count). The van der Waals surface area contributed by atoms with Gasteiger partial charge in [-0.15, -0.1) is 0 Å². The van der Waals surface area contributed by atoms with E-state index in [-0.39, 0.29) is 5.57 Å². The number of carbonyl (C=O) groups excluding carboxylic acids is 1. The summed E-state index contributed by atoms with van der Waals surface area (Å²) < 4.78 is 147. The van der Waals surface area contributed by atoms with Crippen LogP contribution in [0.2, 0.25) is 44.3 Å². The Morgan fingerprint density at radius 1 is 0.649 bits per heavy atom. The number of halogens is 9. The van der Waals surface area contributed by atoms with Gasteiger partial charge in [0.25, 0.3) is 0 Å². The maximum atomic E-state index is 13.1. The van der Waals surface area contributed by atoms with Crippen LogP contribution in [-0.2, 0) is 26.0 Å². The highest BCUT2D eigenvalue weighted by Crippen LogP contribution is 2.41. The van der Waals surface area contributed by atoms with Crippen LogP contribution in [0.3, 0.4) is 0 Å². The Bertz CT molecular complexity index is 787. The van der Waals surface area contributed by atoms with Crippen molar-refractivity contribution in [1.82, 2.24) is 0 Å². The van der Waals surface area contributed by atoms with Gasteiger partial charge in [0.15, 0.2) is 0 Å². The molecule has 0 amide bonds. The summed E-state index contributed by atoms with van der Waals surface area (Å²) in [5.74, 6) is -0.897. The van der Waals surface area contributed by atoms with Gasteiger partial charge in [-0.25, -0.2) is 4.79 Å². The van der Waals surface area contributed by atoms with Crippen molar-refractivity contribution in [2.75, 3.05) is 6.23 Å². The minimum Gasteiger partial charge on any atom is -0.460 e. The molecule has 1 fully saturated rings. The molecule has 218 valence electrons. The predicted molar refractivity (Wildman–Crippen MR) is 123 cm³/mol. The molecule has 0 aromatic rings. The molecule has 2 unspecified atom stereocenters. The highest BCUT2D eigenvalue weighted by Gasteiger charge is 2.59. The van der Waals surface area contributed by atoms with Crippen molar-refractivity contribution in [1.29, 1.82) is 0 Å².